The Morgan fingerprint density at radius 3 is 2.63 bits per heavy atom. The second-order valence-electron chi connectivity index (χ2n) is 3.98. The van der Waals surface area contributed by atoms with E-state index in [0.717, 1.165) is 11.3 Å². The zero-order valence-corrected chi connectivity index (χ0v) is 11.4. The molecule has 0 amide bonds. The Bertz CT molecular complexity index is 614. The number of hydrogen-bond acceptors (Lipinski definition) is 2. The Balaban J connectivity index is 2.10. The van der Waals surface area contributed by atoms with Crippen molar-refractivity contribution in [3.8, 4) is 0 Å². The van der Waals surface area contributed by atoms with Crippen molar-refractivity contribution < 1.29 is 9.90 Å². The molecule has 98 valence electrons. The predicted octanol–water partition coefficient (Wildman–Crippen LogP) is 4.30. The highest BCUT2D eigenvalue weighted by Gasteiger charge is 2.04. The van der Waals surface area contributed by atoms with Crippen LogP contribution in [0.25, 0.3) is 0 Å². The molecule has 2 N–H and O–H groups in total. The van der Waals surface area contributed by atoms with Crippen molar-refractivity contribution in [3.63, 3.8) is 0 Å². The van der Waals surface area contributed by atoms with Gasteiger partial charge >= 0.3 is 5.97 Å². The smallest absolute Gasteiger partial charge is 0.335 e. The maximum Gasteiger partial charge on any atom is 0.335 e. The number of carboxylic acid groups (broad SMARTS) is 1. The molecule has 0 unspecified atom stereocenters. The molecule has 0 aliphatic carbocycles. The number of benzene rings is 2. The standard InChI is InChI=1S/C14H11Cl2NO2/c15-11-5-4-10(13(16)7-11)8-17-12-3-1-2-9(6-12)14(18)19/h1-7,17H,8H2,(H,18,19). The second kappa shape index (κ2) is 5.95. The van der Waals surface area contributed by atoms with E-state index in [0.29, 0.717) is 16.6 Å². The van der Waals surface area contributed by atoms with Gasteiger partial charge in [0.05, 0.1) is 5.56 Å². The molecule has 2 aromatic rings. The summed E-state index contributed by atoms with van der Waals surface area (Å²) in [5, 5.41) is 13.2. The van der Waals surface area contributed by atoms with E-state index in [1.54, 1.807) is 36.4 Å². The number of rotatable bonds is 4. The van der Waals surface area contributed by atoms with Crippen molar-refractivity contribution in [3.05, 3.63) is 63.6 Å². The molecule has 0 saturated heterocycles. The molecular formula is C14H11Cl2NO2. The van der Waals surface area contributed by atoms with Crippen molar-refractivity contribution in [2.45, 2.75) is 6.54 Å². The monoisotopic (exact) mass is 295 g/mol. The zero-order chi connectivity index (χ0) is 13.8. The molecule has 0 fully saturated rings. The Morgan fingerprint density at radius 2 is 1.95 bits per heavy atom. The van der Waals surface area contributed by atoms with Gasteiger partial charge in [-0.1, -0.05) is 35.3 Å². The van der Waals surface area contributed by atoms with Gasteiger partial charge in [-0.05, 0) is 35.9 Å². The third-order valence-corrected chi connectivity index (χ3v) is 3.19. The molecular weight excluding hydrogens is 285 g/mol. The maximum absolute atomic E-state index is 10.9. The maximum atomic E-state index is 10.9. The van der Waals surface area contributed by atoms with Gasteiger partial charge in [-0.15, -0.1) is 0 Å². The SMILES string of the molecule is O=C(O)c1cccc(NCc2ccc(Cl)cc2Cl)c1. The van der Waals surface area contributed by atoms with E-state index >= 15 is 0 Å². The quantitative estimate of drug-likeness (QED) is 0.884. The summed E-state index contributed by atoms with van der Waals surface area (Å²) in [4.78, 5) is 10.9. The molecule has 0 aliphatic heterocycles. The molecule has 0 saturated carbocycles. The number of carbonyl (C=O) groups is 1. The molecule has 0 aliphatic rings. The lowest BCUT2D eigenvalue weighted by atomic mass is 10.2. The summed E-state index contributed by atoms with van der Waals surface area (Å²) in [5.41, 5.74) is 1.87. The van der Waals surface area contributed by atoms with E-state index in [2.05, 4.69) is 5.32 Å². The van der Waals surface area contributed by atoms with Crippen LogP contribution in [0.2, 0.25) is 10.0 Å². The first-order valence-electron chi connectivity index (χ1n) is 5.57. The lowest BCUT2D eigenvalue weighted by molar-refractivity contribution is 0.0697. The summed E-state index contributed by atoms with van der Waals surface area (Å²) in [6.45, 7) is 0.499. The number of nitrogens with one attached hydrogen (secondary N) is 1. The van der Waals surface area contributed by atoms with Crippen LogP contribution in [0, 0.1) is 0 Å². The number of aromatic carboxylic acids is 1. The highest BCUT2D eigenvalue weighted by Crippen LogP contribution is 2.22. The van der Waals surface area contributed by atoms with Crippen molar-refractivity contribution in [1.29, 1.82) is 0 Å². The summed E-state index contributed by atoms with van der Waals surface area (Å²) >= 11 is 11.9. The molecule has 2 rings (SSSR count). The third-order valence-electron chi connectivity index (χ3n) is 2.61. The normalized spacial score (nSPS) is 10.2. The summed E-state index contributed by atoms with van der Waals surface area (Å²) in [6, 6.07) is 11.9. The van der Waals surface area contributed by atoms with E-state index in [-0.39, 0.29) is 5.56 Å². The minimum absolute atomic E-state index is 0.243. The van der Waals surface area contributed by atoms with Crippen LogP contribution in [-0.4, -0.2) is 11.1 Å². The van der Waals surface area contributed by atoms with Crippen LogP contribution >= 0.6 is 23.2 Å². The molecule has 0 aromatic heterocycles. The largest absolute Gasteiger partial charge is 0.478 e. The first-order chi connectivity index (χ1) is 9.06. The summed E-state index contributed by atoms with van der Waals surface area (Å²) in [7, 11) is 0. The minimum atomic E-state index is -0.951. The Morgan fingerprint density at radius 1 is 1.16 bits per heavy atom. The van der Waals surface area contributed by atoms with Crippen molar-refractivity contribution in [2.75, 3.05) is 5.32 Å². The van der Waals surface area contributed by atoms with Gasteiger partial charge in [0, 0.05) is 22.3 Å². The van der Waals surface area contributed by atoms with Gasteiger partial charge in [0.25, 0.3) is 0 Å². The Hall–Kier alpha value is -1.71. The van der Waals surface area contributed by atoms with E-state index < -0.39 is 5.97 Å². The lowest BCUT2D eigenvalue weighted by Gasteiger charge is -2.09. The van der Waals surface area contributed by atoms with Crippen molar-refractivity contribution in [1.82, 2.24) is 0 Å². The highest BCUT2D eigenvalue weighted by atomic mass is 35.5. The second-order valence-corrected chi connectivity index (χ2v) is 4.82. The Labute approximate surface area is 120 Å². The van der Waals surface area contributed by atoms with E-state index in [9.17, 15) is 4.79 Å². The average molecular weight is 296 g/mol. The van der Waals surface area contributed by atoms with Gasteiger partial charge in [0.15, 0.2) is 0 Å². The fourth-order valence-corrected chi connectivity index (χ4v) is 2.10. The van der Waals surface area contributed by atoms with Crippen LogP contribution in [0.15, 0.2) is 42.5 Å². The van der Waals surface area contributed by atoms with Gasteiger partial charge in [0.2, 0.25) is 0 Å². The zero-order valence-electron chi connectivity index (χ0n) is 9.86. The average Bonchev–Trinajstić information content (AvgIpc) is 2.38. The minimum Gasteiger partial charge on any atom is -0.478 e. The van der Waals surface area contributed by atoms with Crippen LogP contribution in [0.5, 0.6) is 0 Å². The van der Waals surface area contributed by atoms with E-state index in [4.69, 9.17) is 28.3 Å². The molecule has 19 heavy (non-hydrogen) atoms. The topological polar surface area (TPSA) is 49.3 Å². The molecule has 0 atom stereocenters. The van der Waals surface area contributed by atoms with Crippen molar-refractivity contribution in [2.24, 2.45) is 0 Å². The fourth-order valence-electron chi connectivity index (χ4n) is 1.62. The van der Waals surface area contributed by atoms with Gasteiger partial charge < -0.3 is 10.4 Å². The molecule has 0 radical (unpaired) electrons. The first kappa shape index (κ1) is 13.7. The van der Waals surface area contributed by atoms with Crippen LogP contribution in [0.3, 0.4) is 0 Å². The number of hydrogen-bond donors (Lipinski definition) is 2. The predicted molar refractivity (Wildman–Crippen MR) is 77.2 cm³/mol. The van der Waals surface area contributed by atoms with E-state index in [1.165, 1.54) is 0 Å². The van der Waals surface area contributed by atoms with Gasteiger partial charge in [-0.3, -0.25) is 0 Å². The molecule has 3 nitrogen and oxygen atoms in total. The van der Waals surface area contributed by atoms with Gasteiger partial charge in [-0.2, -0.15) is 0 Å². The van der Waals surface area contributed by atoms with E-state index in [1.807, 2.05) is 6.07 Å². The summed E-state index contributed by atoms with van der Waals surface area (Å²) in [5.74, 6) is -0.951. The van der Waals surface area contributed by atoms with Crippen LogP contribution in [-0.2, 0) is 6.54 Å². The van der Waals surface area contributed by atoms with Crippen LogP contribution < -0.4 is 5.32 Å². The summed E-state index contributed by atoms with van der Waals surface area (Å²) in [6.07, 6.45) is 0. The first-order valence-corrected chi connectivity index (χ1v) is 6.33. The number of anilines is 1. The van der Waals surface area contributed by atoms with Crippen molar-refractivity contribution >= 4 is 34.9 Å². The lowest BCUT2D eigenvalue weighted by Crippen LogP contribution is -2.02. The number of halogens is 2. The van der Waals surface area contributed by atoms with Gasteiger partial charge in [0.1, 0.15) is 0 Å². The molecule has 5 heteroatoms. The molecule has 0 spiro atoms. The highest BCUT2D eigenvalue weighted by molar-refractivity contribution is 6.35. The van der Waals surface area contributed by atoms with Gasteiger partial charge in [-0.25, -0.2) is 4.79 Å². The number of carboxylic acids is 1. The van der Waals surface area contributed by atoms with Crippen LogP contribution in [0.4, 0.5) is 5.69 Å². The third kappa shape index (κ3) is 3.63. The van der Waals surface area contributed by atoms with Crippen LogP contribution in [0.1, 0.15) is 15.9 Å². The molecule has 0 heterocycles. The molecule has 2 aromatic carbocycles. The summed E-state index contributed by atoms with van der Waals surface area (Å²) < 4.78 is 0. The fraction of sp³-hybridized carbons (Fsp3) is 0.0714. The Kier molecular flexibility index (Phi) is 4.30. The molecule has 0 bridgehead atoms.